The smallest absolute Gasteiger partial charge is 0.184 e. The Balaban J connectivity index is 2.23. The van der Waals surface area contributed by atoms with Gasteiger partial charge in [-0.15, -0.1) is 0 Å². The van der Waals surface area contributed by atoms with Gasteiger partial charge in [-0.3, -0.25) is 4.79 Å². The molecule has 0 aliphatic carbocycles. The molecule has 0 saturated carbocycles. The first-order valence-electron chi connectivity index (χ1n) is 5.29. The van der Waals surface area contributed by atoms with Crippen LogP contribution in [-0.4, -0.2) is 5.78 Å². The zero-order valence-corrected chi connectivity index (χ0v) is 9.89. The van der Waals surface area contributed by atoms with Crippen molar-refractivity contribution in [3.05, 3.63) is 70.7 Å². The first kappa shape index (κ1) is 11.8. The molecule has 0 spiro atoms. The van der Waals surface area contributed by atoms with Gasteiger partial charge in [0.15, 0.2) is 5.78 Å². The number of Topliss-reactive ketones (excluding diaryl/α,β-unsaturated/α-hetero) is 1. The fraction of sp³-hybridized carbons (Fsp3) is 0.0714. The Morgan fingerprint density at radius 3 is 2.18 bits per heavy atom. The van der Waals surface area contributed by atoms with Crippen molar-refractivity contribution in [3.63, 3.8) is 0 Å². The van der Waals surface area contributed by atoms with E-state index in [2.05, 4.69) is 0 Å². The average Bonchev–Trinajstić information content (AvgIpc) is 2.39. The molecule has 17 heavy (non-hydrogen) atoms. The molecule has 0 aromatic heterocycles. The van der Waals surface area contributed by atoms with E-state index in [0.29, 0.717) is 10.6 Å². The molecule has 2 nitrogen and oxygen atoms in total. The van der Waals surface area contributed by atoms with Crippen LogP contribution in [-0.2, 0) is 0 Å². The second-order valence-corrected chi connectivity index (χ2v) is 4.20. The van der Waals surface area contributed by atoms with Gasteiger partial charge in [-0.05, 0) is 29.8 Å². The predicted molar refractivity (Wildman–Crippen MR) is 69.2 cm³/mol. The van der Waals surface area contributed by atoms with Crippen molar-refractivity contribution in [2.75, 3.05) is 0 Å². The van der Waals surface area contributed by atoms with E-state index in [-0.39, 0.29) is 5.78 Å². The van der Waals surface area contributed by atoms with Crippen LogP contribution < -0.4 is 5.73 Å². The number of halogens is 1. The van der Waals surface area contributed by atoms with Gasteiger partial charge in [0, 0.05) is 10.6 Å². The second kappa shape index (κ2) is 5.13. The van der Waals surface area contributed by atoms with Crippen molar-refractivity contribution in [1.82, 2.24) is 0 Å². The van der Waals surface area contributed by atoms with E-state index in [1.54, 1.807) is 24.3 Å². The van der Waals surface area contributed by atoms with Crippen molar-refractivity contribution in [2.45, 2.75) is 6.04 Å². The molecule has 0 saturated heterocycles. The Morgan fingerprint density at radius 2 is 1.59 bits per heavy atom. The SMILES string of the molecule is N[C@@H](C(=O)c1ccc(Cl)cc1)c1ccccc1. The average molecular weight is 246 g/mol. The summed E-state index contributed by atoms with van der Waals surface area (Å²) in [5.74, 6) is -0.104. The molecule has 3 heteroatoms. The molecule has 86 valence electrons. The highest BCUT2D eigenvalue weighted by Crippen LogP contribution is 2.17. The van der Waals surface area contributed by atoms with Gasteiger partial charge in [-0.25, -0.2) is 0 Å². The van der Waals surface area contributed by atoms with Crippen LogP contribution in [0.25, 0.3) is 0 Å². The zero-order chi connectivity index (χ0) is 12.3. The Kier molecular flexibility index (Phi) is 3.57. The summed E-state index contributed by atoms with van der Waals surface area (Å²) in [5, 5.41) is 0.606. The number of nitrogens with two attached hydrogens (primary N) is 1. The Labute approximate surface area is 105 Å². The monoisotopic (exact) mass is 245 g/mol. The second-order valence-electron chi connectivity index (χ2n) is 3.76. The predicted octanol–water partition coefficient (Wildman–Crippen LogP) is 3.22. The molecular formula is C14H12ClNO. The van der Waals surface area contributed by atoms with E-state index in [1.807, 2.05) is 30.3 Å². The van der Waals surface area contributed by atoms with Crippen molar-refractivity contribution in [3.8, 4) is 0 Å². The van der Waals surface area contributed by atoms with Gasteiger partial charge in [0.1, 0.15) is 0 Å². The number of ketones is 1. The minimum absolute atomic E-state index is 0.104. The van der Waals surface area contributed by atoms with Gasteiger partial charge < -0.3 is 5.73 Å². The molecule has 0 unspecified atom stereocenters. The van der Waals surface area contributed by atoms with E-state index in [0.717, 1.165) is 5.56 Å². The molecular weight excluding hydrogens is 234 g/mol. The maximum absolute atomic E-state index is 12.1. The van der Waals surface area contributed by atoms with E-state index in [9.17, 15) is 4.79 Å². The van der Waals surface area contributed by atoms with E-state index in [4.69, 9.17) is 17.3 Å². The lowest BCUT2D eigenvalue weighted by Crippen LogP contribution is -2.21. The first-order valence-corrected chi connectivity index (χ1v) is 5.66. The van der Waals surface area contributed by atoms with Crippen LogP contribution in [0.5, 0.6) is 0 Å². The van der Waals surface area contributed by atoms with Crippen molar-refractivity contribution in [2.24, 2.45) is 5.73 Å². The summed E-state index contributed by atoms with van der Waals surface area (Å²) in [7, 11) is 0. The molecule has 0 fully saturated rings. The zero-order valence-electron chi connectivity index (χ0n) is 9.14. The Hall–Kier alpha value is -1.64. The molecule has 2 aromatic carbocycles. The molecule has 0 radical (unpaired) electrons. The van der Waals surface area contributed by atoms with E-state index >= 15 is 0 Å². The molecule has 0 aliphatic rings. The third-order valence-electron chi connectivity index (χ3n) is 2.57. The van der Waals surface area contributed by atoms with Gasteiger partial charge in [0.25, 0.3) is 0 Å². The third kappa shape index (κ3) is 2.73. The lowest BCUT2D eigenvalue weighted by Gasteiger charge is -2.10. The molecule has 1 atom stereocenters. The topological polar surface area (TPSA) is 43.1 Å². The van der Waals surface area contributed by atoms with Crippen molar-refractivity contribution in [1.29, 1.82) is 0 Å². The molecule has 2 rings (SSSR count). The lowest BCUT2D eigenvalue weighted by atomic mass is 9.98. The van der Waals surface area contributed by atoms with Crippen LogP contribution in [0.1, 0.15) is 22.0 Å². The molecule has 2 N–H and O–H groups in total. The summed E-state index contributed by atoms with van der Waals surface area (Å²) in [6.45, 7) is 0. The number of carbonyl (C=O) groups excluding carboxylic acids is 1. The minimum Gasteiger partial charge on any atom is -0.318 e. The summed E-state index contributed by atoms with van der Waals surface area (Å²) < 4.78 is 0. The summed E-state index contributed by atoms with van der Waals surface area (Å²) >= 11 is 5.77. The third-order valence-corrected chi connectivity index (χ3v) is 2.82. The highest BCUT2D eigenvalue weighted by molar-refractivity contribution is 6.30. The number of carbonyl (C=O) groups is 1. The first-order chi connectivity index (χ1) is 8.18. The lowest BCUT2D eigenvalue weighted by molar-refractivity contribution is 0.0961. The van der Waals surface area contributed by atoms with Crippen LogP contribution >= 0.6 is 11.6 Å². The van der Waals surface area contributed by atoms with Crippen molar-refractivity contribution < 1.29 is 4.79 Å². The minimum atomic E-state index is -0.627. The van der Waals surface area contributed by atoms with Gasteiger partial charge in [0.2, 0.25) is 0 Å². The summed E-state index contributed by atoms with van der Waals surface area (Å²) in [6, 6.07) is 15.4. The number of rotatable bonds is 3. The maximum atomic E-state index is 12.1. The maximum Gasteiger partial charge on any atom is 0.184 e. The highest BCUT2D eigenvalue weighted by Gasteiger charge is 2.16. The molecule has 0 aliphatic heterocycles. The van der Waals surface area contributed by atoms with E-state index in [1.165, 1.54) is 0 Å². The van der Waals surface area contributed by atoms with E-state index < -0.39 is 6.04 Å². The van der Waals surface area contributed by atoms with Gasteiger partial charge in [-0.1, -0.05) is 41.9 Å². The van der Waals surface area contributed by atoms with Gasteiger partial charge >= 0.3 is 0 Å². The largest absolute Gasteiger partial charge is 0.318 e. The van der Waals surface area contributed by atoms with Crippen LogP contribution in [0.2, 0.25) is 5.02 Å². The Bertz CT molecular complexity index is 508. The van der Waals surface area contributed by atoms with Crippen molar-refractivity contribution >= 4 is 17.4 Å². The van der Waals surface area contributed by atoms with Crippen LogP contribution in [0.4, 0.5) is 0 Å². The van der Waals surface area contributed by atoms with Gasteiger partial charge in [0.05, 0.1) is 6.04 Å². The fourth-order valence-corrected chi connectivity index (χ4v) is 1.73. The normalized spacial score (nSPS) is 12.1. The van der Waals surface area contributed by atoms with Crippen LogP contribution in [0.3, 0.4) is 0 Å². The molecule has 2 aromatic rings. The molecule has 0 heterocycles. The highest BCUT2D eigenvalue weighted by atomic mass is 35.5. The molecule has 0 bridgehead atoms. The number of hydrogen-bond acceptors (Lipinski definition) is 2. The quantitative estimate of drug-likeness (QED) is 0.844. The number of benzene rings is 2. The van der Waals surface area contributed by atoms with Gasteiger partial charge in [-0.2, -0.15) is 0 Å². The van der Waals surface area contributed by atoms with Crippen LogP contribution in [0.15, 0.2) is 54.6 Å². The summed E-state index contributed by atoms with van der Waals surface area (Å²) in [6.07, 6.45) is 0. The molecule has 0 amide bonds. The standard InChI is InChI=1S/C14H12ClNO/c15-12-8-6-11(7-9-12)14(17)13(16)10-4-2-1-3-5-10/h1-9,13H,16H2/t13-/m1/s1. The summed E-state index contributed by atoms with van der Waals surface area (Å²) in [4.78, 5) is 12.1. The summed E-state index contributed by atoms with van der Waals surface area (Å²) in [5.41, 5.74) is 7.31. The number of hydrogen-bond donors (Lipinski definition) is 1. The van der Waals surface area contributed by atoms with Crippen LogP contribution in [0, 0.1) is 0 Å². The fourth-order valence-electron chi connectivity index (χ4n) is 1.61. The Morgan fingerprint density at radius 1 is 1.00 bits per heavy atom.